The second-order valence-electron chi connectivity index (χ2n) is 10.3. The van der Waals surface area contributed by atoms with Crippen LogP contribution in [0.2, 0.25) is 0 Å². The van der Waals surface area contributed by atoms with Crippen LogP contribution in [0.15, 0.2) is 121 Å². The third kappa shape index (κ3) is 10.8. The van der Waals surface area contributed by atoms with E-state index in [1.54, 1.807) is 0 Å². The molecule has 0 aromatic heterocycles. The molecule has 0 N–H and O–H groups in total. The molecule has 0 aliphatic heterocycles. The monoisotopic (exact) mass is 560 g/mol. The summed E-state index contributed by atoms with van der Waals surface area (Å²) >= 11 is 0. The first-order chi connectivity index (χ1) is 18.1. The van der Waals surface area contributed by atoms with E-state index in [0.29, 0.717) is 0 Å². The fourth-order valence-electron chi connectivity index (χ4n) is 4.87. The molecular weight excluding hydrogens is 504 g/mol. The summed E-state index contributed by atoms with van der Waals surface area (Å²) in [4.78, 5) is 0. The molecule has 0 saturated heterocycles. The lowest BCUT2D eigenvalue weighted by Crippen LogP contribution is -1.94. The Balaban J connectivity index is 0.00000336. The molecule has 0 radical (unpaired) electrons. The molecule has 0 heteroatoms. The topological polar surface area (TPSA) is 0 Å². The van der Waals surface area contributed by atoms with Crippen molar-refractivity contribution in [3.05, 3.63) is 177 Å². The molecule has 0 bridgehead atoms. The summed E-state index contributed by atoms with van der Waals surface area (Å²) in [6.45, 7) is 4.34. The molecule has 0 amide bonds. The zero-order valence-electron chi connectivity index (χ0n) is 22.1. The molecule has 0 unspecified atom stereocenters. The van der Waals surface area contributed by atoms with Crippen LogP contribution in [0.3, 0.4) is 0 Å². The molecule has 5 aromatic carbocycles. The Kier molecular flexibility index (Phi) is 16.8. The van der Waals surface area contributed by atoms with Gasteiger partial charge in [-0.2, -0.15) is 0 Å². The van der Waals surface area contributed by atoms with Gasteiger partial charge in [-0.1, -0.05) is 171 Å². The summed E-state index contributed by atoms with van der Waals surface area (Å²) in [5.41, 5.74) is 13.6. The Morgan fingerprint density at radius 1 is 0.286 bits per heavy atom. The molecule has 42 heavy (non-hydrogen) atoms. The van der Waals surface area contributed by atoms with Gasteiger partial charge in [0.05, 0.1) is 0 Å². The van der Waals surface area contributed by atoms with Gasteiger partial charge in [0.1, 0.15) is 0 Å². The fourth-order valence-corrected chi connectivity index (χ4v) is 4.87. The van der Waals surface area contributed by atoms with Gasteiger partial charge in [0.25, 0.3) is 0 Å². The highest BCUT2D eigenvalue weighted by Gasteiger charge is 2.03. The highest BCUT2D eigenvalue weighted by atomic mass is 14.1. The van der Waals surface area contributed by atoms with Crippen LogP contribution >= 0.6 is 0 Å². The number of aryl methyl sites for hydroxylation is 2. The van der Waals surface area contributed by atoms with Crippen LogP contribution in [0.5, 0.6) is 0 Å². The van der Waals surface area contributed by atoms with Gasteiger partial charge in [-0.3, -0.25) is 0 Å². The molecule has 0 heterocycles. The Morgan fingerprint density at radius 2 is 0.452 bits per heavy atom. The van der Waals surface area contributed by atoms with Gasteiger partial charge in [0.2, 0.25) is 0 Å². The summed E-state index contributed by atoms with van der Waals surface area (Å²) < 4.78 is 0. The Hall–Kier alpha value is -3.90. The van der Waals surface area contributed by atoms with Crippen LogP contribution in [-0.4, -0.2) is 0 Å². The normalized spacial score (nSPS) is 9.67. The van der Waals surface area contributed by atoms with Gasteiger partial charge in [-0.05, 0) is 89.1 Å². The zero-order chi connectivity index (χ0) is 25.5. The first-order valence-electron chi connectivity index (χ1n) is 13.5. The molecule has 0 spiro atoms. The van der Waals surface area contributed by atoms with E-state index >= 15 is 0 Å². The number of benzene rings is 5. The second kappa shape index (κ2) is 18.5. The van der Waals surface area contributed by atoms with Crippen molar-refractivity contribution in [2.75, 3.05) is 0 Å². The van der Waals surface area contributed by atoms with Gasteiger partial charge in [0, 0.05) is 0 Å². The minimum absolute atomic E-state index is 0. The van der Waals surface area contributed by atoms with E-state index < -0.39 is 0 Å². The molecule has 5 aromatic rings. The average Bonchev–Trinajstić information content (AvgIpc) is 2.94. The van der Waals surface area contributed by atoms with E-state index in [-0.39, 0.29) is 37.1 Å². The van der Waals surface area contributed by atoms with Crippen LogP contribution in [0, 0.1) is 6.92 Å². The van der Waals surface area contributed by atoms with Crippen LogP contribution in [0.25, 0.3) is 0 Å². The van der Waals surface area contributed by atoms with Crippen molar-refractivity contribution in [1.82, 2.24) is 0 Å². The van der Waals surface area contributed by atoms with Crippen molar-refractivity contribution in [3.63, 3.8) is 0 Å². The number of hydrogen-bond donors (Lipinski definition) is 0. The van der Waals surface area contributed by atoms with Gasteiger partial charge in [-0.25, -0.2) is 0 Å². The maximum Gasteiger partial charge on any atom is -0.00258 e. The largest absolute Gasteiger partial charge is 0.0776 e. The van der Waals surface area contributed by atoms with Crippen molar-refractivity contribution in [2.45, 2.75) is 83.1 Å². The predicted octanol–water partition coefficient (Wildman–Crippen LogP) is 12.1. The van der Waals surface area contributed by atoms with Crippen LogP contribution in [-0.2, 0) is 32.1 Å². The third-order valence-corrected chi connectivity index (χ3v) is 7.25. The van der Waals surface area contributed by atoms with Crippen molar-refractivity contribution in [2.24, 2.45) is 0 Å². The van der Waals surface area contributed by atoms with Crippen molar-refractivity contribution >= 4 is 0 Å². The van der Waals surface area contributed by atoms with E-state index in [1.165, 1.54) is 55.6 Å². The van der Waals surface area contributed by atoms with Crippen LogP contribution < -0.4 is 0 Å². The average molecular weight is 561 g/mol. The Bertz CT molecular complexity index is 1390. The Morgan fingerprint density at radius 3 is 0.643 bits per heavy atom. The third-order valence-electron chi connectivity index (χ3n) is 7.25. The van der Waals surface area contributed by atoms with E-state index in [4.69, 9.17) is 0 Å². The molecule has 0 atom stereocenters. The minimum Gasteiger partial charge on any atom is -0.0776 e. The van der Waals surface area contributed by atoms with Gasteiger partial charge >= 0.3 is 0 Å². The minimum atomic E-state index is 0. The van der Waals surface area contributed by atoms with Gasteiger partial charge in [0.15, 0.2) is 0 Å². The molecule has 0 aliphatic carbocycles. The van der Waals surface area contributed by atoms with Crippen LogP contribution in [0.1, 0.15) is 99.7 Å². The van der Waals surface area contributed by atoms with Gasteiger partial charge in [-0.15, -0.1) is 0 Å². The molecule has 0 aliphatic rings. The molecule has 0 saturated carbocycles. The lowest BCUT2D eigenvalue weighted by Gasteiger charge is -2.08. The quantitative estimate of drug-likeness (QED) is 0.168. The highest BCUT2D eigenvalue weighted by molar-refractivity contribution is 5.36. The Labute approximate surface area is 259 Å². The zero-order valence-corrected chi connectivity index (χ0v) is 22.1. The van der Waals surface area contributed by atoms with Crippen LogP contribution in [0.4, 0.5) is 0 Å². The number of hydrogen-bond acceptors (Lipinski definition) is 0. The molecule has 5 rings (SSSR count). The first-order valence-corrected chi connectivity index (χ1v) is 13.5. The summed E-state index contributed by atoms with van der Waals surface area (Å²) in [5.74, 6) is 0. The maximum absolute atomic E-state index is 2.28. The summed E-state index contributed by atoms with van der Waals surface area (Å²) in [5, 5.41) is 0. The van der Waals surface area contributed by atoms with Gasteiger partial charge < -0.3 is 0 Å². The summed E-state index contributed by atoms with van der Waals surface area (Å²) in [6.07, 6.45) is 5.02. The SMILES string of the molecule is C.C.C.C.C.CCc1ccc(Cc2ccc(Cc3ccc(Cc4ccc(Cc5ccc(C)cc5)cc4)cc3)cc2)cc1. The molecule has 224 valence electrons. The standard InChI is InChI=1S/C37H36.5CH4/c1-3-29-8-10-31(11-9-29)25-33-16-18-35(19-17-33)27-37-22-20-36(21-23-37)26-34-14-12-32(13-15-34)24-30-6-4-28(2)5-7-30;;;;;/h4-23H,3,24-27H2,1-2H3;5*1H4. The van der Waals surface area contributed by atoms with E-state index in [9.17, 15) is 0 Å². The molecule has 0 nitrogen and oxygen atoms in total. The van der Waals surface area contributed by atoms with Crippen molar-refractivity contribution < 1.29 is 0 Å². The lowest BCUT2D eigenvalue weighted by molar-refractivity contribution is 1.11. The van der Waals surface area contributed by atoms with E-state index in [2.05, 4.69) is 135 Å². The number of rotatable bonds is 9. The summed E-state index contributed by atoms with van der Waals surface area (Å²) in [6, 6.07) is 45.2. The van der Waals surface area contributed by atoms with E-state index in [0.717, 1.165) is 32.1 Å². The van der Waals surface area contributed by atoms with E-state index in [1.807, 2.05) is 0 Å². The fraction of sp³-hybridized carbons (Fsp3) is 0.286. The summed E-state index contributed by atoms with van der Waals surface area (Å²) in [7, 11) is 0. The predicted molar refractivity (Wildman–Crippen MR) is 191 cm³/mol. The molecular formula is C42H56. The van der Waals surface area contributed by atoms with Crippen molar-refractivity contribution in [3.8, 4) is 0 Å². The molecule has 0 fully saturated rings. The van der Waals surface area contributed by atoms with Crippen molar-refractivity contribution in [1.29, 1.82) is 0 Å². The second-order valence-corrected chi connectivity index (χ2v) is 10.3. The smallest absolute Gasteiger partial charge is 0.00258 e. The maximum atomic E-state index is 2.28. The first kappa shape index (κ1) is 38.1. The lowest BCUT2D eigenvalue weighted by atomic mass is 9.97. The highest BCUT2D eigenvalue weighted by Crippen LogP contribution is 2.18.